The second kappa shape index (κ2) is 8.08. The molecule has 3 rings (SSSR count). The number of nitrogens with one attached hydrogen (secondary N) is 1. The van der Waals surface area contributed by atoms with Crippen molar-refractivity contribution in [2.75, 3.05) is 0 Å². The molecule has 142 valence electrons. The number of carbonyl (C=O) groups excluding carboxylic acids is 2. The summed E-state index contributed by atoms with van der Waals surface area (Å²) in [6, 6.07) is 12.5. The zero-order valence-corrected chi connectivity index (χ0v) is 14.7. The van der Waals surface area contributed by atoms with E-state index in [0.29, 0.717) is 0 Å². The first kappa shape index (κ1) is 19.4. The summed E-state index contributed by atoms with van der Waals surface area (Å²) in [7, 11) is 0. The Morgan fingerprint density at radius 2 is 1.64 bits per heavy atom. The predicted octanol–water partition coefficient (Wildman–Crippen LogP) is 5.44. The van der Waals surface area contributed by atoms with Crippen LogP contribution < -0.4 is 0 Å². The van der Waals surface area contributed by atoms with Gasteiger partial charge in [-0.25, -0.2) is 0 Å². The largest absolute Gasteiger partial charge is 0.416 e. The van der Waals surface area contributed by atoms with Gasteiger partial charge in [0.25, 0.3) is 0 Å². The maximum atomic E-state index is 12.9. The Kier molecular flexibility index (Phi) is 5.59. The molecule has 0 aliphatic rings. The molecule has 0 bridgehead atoms. The average molecular weight is 383 g/mol. The van der Waals surface area contributed by atoms with Crippen LogP contribution in [-0.2, 0) is 15.8 Å². The van der Waals surface area contributed by atoms with Crippen LogP contribution in [0.3, 0.4) is 0 Å². The van der Waals surface area contributed by atoms with Crippen LogP contribution in [0, 0.1) is 0 Å². The van der Waals surface area contributed by atoms with Gasteiger partial charge >= 0.3 is 6.18 Å². The van der Waals surface area contributed by atoms with Gasteiger partial charge in [-0.1, -0.05) is 42.5 Å². The van der Waals surface area contributed by atoms with Gasteiger partial charge in [0.05, 0.1) is 12.0 Å². The number of benzene rings is 2. The number of ketones is 2. The number of halogens is 3. The standard InChI is InChI=1S/C22H16F3NO2/c23-22(24,25)20-4-2-1-3-16(20)8-10-19(28)14-18(27)9-6-15-5-7-17-11-12-26-21(17)13-15/h1-13,26H,14H2/b9-6+,10-8+. The van der Waals surface area contributed by atoms with Gasteiger partial charge in [-0.05, 0) is 46.9 Å². The summed E-state index contributed by atoms with van der Waals surface area (Å²) in [5.41, 5.74) is 0.776. The summed E-state index contributed by atoms with van der Waals surface area (Å²) in [5, 5.41) is 1.04. The van der Waals surface area contributed by atoms with Gasteiger partial charge in [0, 0.05) is 11.7 Å². The minimum absolute atomic E-state index is 0.120. The van der Waals surface area contributed by atoms with Crippen LogP contribution in [0.25, 0.3) is 23.1 Å². The van der Waals surface area contributed by atoms with Crippen molar-refractivity contribution in [2.24, 2.45) is 0 Å². The van der Waals surface area contributed by atoms with Gasteiger partial charge in [-0.2, -0.15) is 13.2 Å². The first-order chi connectivity index (χ1) is 13.3. The summed E-state index contributed by atoms with van der Waals surface area (Å²) in [6.45, 7) is 0. The third kappa shape index (κ3) is 4.85. The highest BCUT2D eigenvalue weighted by Gasteiger charge is 2.32. The number of allylic oxidation sites excluding steroid dienone is 2. The van der Waals surface area contributed by atoms with Crippen LogP contribution in [0.15, 0.2) is 66.9 Å². The zero-order chi connectivity index (χ0) is 20.1. The van der Waals surface area contributed by atoms with Crippen molar-refractivity contribution in [3.8, 4) is 0 Å². The fraction of sp³-hybridized carbons (Fsp3) is 0.0909. The fourth-order valence-electron chi connectivity index (χ4n) is 2.73. The van der Waals surface area contributed by atoms with Crippen LogP contribution >= 0.6 is 0 Å². The van der Waals surface area contributed by atoms with Gasteiger partial charge in [0.2, 0.25) is 0 Å². The molecule has 3 aromatic rings. The van der Waals surface area contributed by atoms with Gasteiger partial charge in [0.1, 0.15) is 0 Å². The van der Waals surface area contributed by atoms with Gasteiger partial charge in [0.15, 0.2) is 11.6 Å². The lowest BCUT2D eigenvalue weighted by Gasteiger charge is -2.09. The van der Waals surface area contributed by atoms with Crippen LogP contribution in [0.5, 0.6) is 0 Å². The molecule has 2 aromatic carbocycles. The van der Waals surface area contributed by atoms with Crippen molar-refractivity contribution < 1.29 is 22.8 Å². The second-order valence-electron chi connectivity index (χ2n) is 6.19. The molecule has 0 aliphatic heterocycles. The van der Waals surface area contributed by atoms with Crippen molar-refractivity contribution in [2.45, 2.75) is 12.6 Å². The van der Waals surface area contributed by atoms with Crippen molar-refractivity contribution in [3.05, 3.63) is 83.6 Å². The van der Waals surface area contributed by atoms with Crippen molar-refractivity contribution >= 4 is 34.6 Å². The van der Waals surface area contributed by atoms with E-state index in [1.165, 1.54) is 24.3 Å². The maximum Gasteiger partial charge on any atom is 0.416 e. The van der Waals surface area contributed by atoms with E-state index in [2.05, 4.69) is 4.98 Å². The lowest BCUT2D eigenvalue weighted by Crippen LogP contribution is -2.07. The Labute approximate surface area is 159 Å². The Morgan fingerprint density at radius 1 is 0.929 bits per heavy atom. The molecule has 1 N–H and O–H groups in total. The summed E-state index contributed by atoms with van der Waals surface area (Å²) in [6.07, 6.45) is 1.86. The van der Waals surface area contributed by atoms with Crippen molar-refractivity contribution in [3.63, 3.8) is 0 Å². The topological polar surface area (TPSA) is 49.9 Å². The number of aromatic nitrogens is 1. The molecule has 0 fully saturated rings. The maximum absolute atomic E-state index is 12.9. The van der Waals surface area contributed by atoms with E-state index in [1.54, 1.807) is 6.08 Å². The van der Waals surface area contributed by atoms with Crippen LogP contribution in [0.2, 0.25) is 0 Å². The number of rotatable bonds is 6. The summed E-state index contributed by atoms with van der Waals surface area (Å²) in [4.78, 5) is 26.9. The van der Waals surface area contributed by atoms with Gasteiger partial charge in [-0.15, -0.1) is 0 Å². The number of H-pyrrole nitrogens is 1. The lowest BCUT2D eigenvalue weighted by molar-refractivity contribution is -0.137. The molecule has 0 unspecified atom stereocenters. The lowest BCUT2D eigenvalue weighted by atomic mass is 10.1. The Hall–Kier alpha value is -3.41. The average Bonchev–Trinajstić information content (AvgIpc) is 3.12. The number of aromatic amines is 1. The molecular formula is C22H16F3NO2. The molecule has 3 nitrogen and oxygen atoms in total. The summed E-state index contributed by atoms with van der Waals surface area (Å²) >= 11 is 0. The normalized spacial score (nSPS) is 12.2. The van der Waals surface area contributed by atoms with E-state index in [1.807, 2.05) is 30.5 Å². The Balaban J connectivity index is 1.63. The van der Waals surface area contributed by atoms with E-state index in [4.69, 9.17) is 0 Å². The van der Waals surface area contributed by atoms with Crippen LogP contribution in [-0.4, -0.2) is 16.6 Å². The molecule has 28 heavy (non-hydrogen) atoms. The molecule has 0 saturated heterocycles. The number of hydrogen-bond acceptors (Lipinski definition) is 2. The minimum Gasteiger partial charge on any atom is -0.361 e. The molecule has 0 saturated carbocycles. The first-order valence-corrected chi connectivity index (χ1v) is 8.48. The van der Waals surface area contributed by atoms with Gasteiger partial charge < -0.3 is 4.98 Å². The van der Waals surface area contributed by atoms with E-state index >= 15 is 0 Å². The highest BCUT2D eigenvalue weighted by atomic mass is 19.4. The van der Waals surface area contributed by atoms with E-state index in [-0.39, 0.29) is 5.56 Å². The number of alkyl halides is 3. The summed E-state index contributed by atoms with van der Waals surface area (Å²) in [5.74, 6) is -0.989. The predicted molar refractivity (Wildman–Crippen MR) is 102 cm³/mol. The highest BCUT2D eigenvalue weighted by molar-refractivity contribution is 6.11. The van der Waals surface area contributed by atoms with E-state index in [0.717, 1.165) is 34.7 Å². The molecule has 1 aromatic heterocycles. The monoisotopic (exact) mass is 383 g/mol. The minimum atomic E-state index is -4.51. The molecule has 0 spiro atoms. The zero-order valence-electron chi connectivity index (χ0n) is 14.7. The third-order valence-electron chi connectivity index (χ3n) is 4.10. The SMILES string of the molecule is O=C(/C=C/c1ccc2cc[nH]c2c1)CC(=O)/C=C/c1ccccc1C(F)(F)F. The molecule has 0 atom stereocenters. The molecule has 0 radical (unpaired) electrons. The highest BCUT2D eigenvalue weighted by Crippen LogP contribution is 2.32. The Morgan fingerprint density at radius 3 is 2.39 bits per heavy atom. The molecule has 0 aliphatic carbocycles. The number of hydrogen-bond donors (Lipinski definition) is 1. The van der Waals surface area contributed by atoms with Crippen molar-refractivity contribution in [1.29, 1.82) is 0 Å². The molecular weight excluding hydrogens is 367 g/mol. The number of fused-ring (bicyclic) bond motifs is 1. The molecule has 1 heterocycles. The Bertz CT molecular complexity index is 1070. The van der Waals surface area contributed by atoms with E-state index in [9.17, 15) is 22.8 Å². The second-order valence-corrected chi connectivity index (χ2v) is 6.19. The summed E-state index contributed by atoms with van der Waals surface area (Å²) < 4.78 is 38.8. The van der Waals surface area contributed by atoms with Gasteiger partial charge in [-0.3, -0.25) is 9.59 Å². The molecule has 0 amide bonds. The van der Waals surface area contributed by atoms with Crippen LogP contribution in [0.4, 0.5) is 13.2 Å². The first-order valence-electron chi connectivity index (χ1n) is 8.48. The smallest absolute Gasteiger partial charge is 0.361 e. The third-order valence-corrected chi connectivity index (χ3v) is 4.10. The number of carbonyl (C=O) groups is 2. The fourth-order valence-corrected chi connectivity index (χ4v) is 2.73. The van der Waals surface area contributed by atoms with E-state index < -0.39 is 29.7 Å². The molecule has 6 heteroatoms. The van der Waals surface area contributed by atoms with Crippen LogP contribution in [0.1, 0.15) is 23.1 Å². The van der Waals surface area contributed by atoms with Crippen molar-refractivity contribution in [1.82, 2.24) is 4.98 Å². The quantitative estimate of drug-likeness (QED) is 0.455.